The molecule has 0 radical (unpaired) electrons. The second-order valence-corrected chi connectivity index (χ2v) is 5.50. The molecule has 0 fully saturated rings. The molecule has 14 heteroatoms. The fourth-order valence-corrected chi connectivity index (χ4v) is 2.18. The number of hydrogen-bond donors (Lipinski definition) is 1. The van der Waals surface area contributed by atoms with E-state index in [0.717, 1.165) is 0 Å². The number of nitrogens with two attached hydrogens (primary N) is 1. The Labute approximate surface area is 138 Å². The fourth-order valence-electron chi connectivity index (χ4n) is 1.72. The van der Waals surface area contributed by atoms with E-state index in [1.807, 2.05) is 0 Å². The Bertz CT molecular complexity index is 643. The van der Waals surface area contributed by atoms with Crippen molar-refractivity contribution >= 4 is 21.6 Å². The molecule has 0 unspecified atom stereocenters. The van der Waals surface area contributed by atoms with Gasteiger partial charge in [-0.15, -0.1) is 0 Å². The molecule has 0 heterocycles. The van der Waals surface area contributed by atoms with Gasteiger partial charge >= 0.3 is 30.1 Å². The molecule has 0 bridgehead atoms. The van der Waals surface area contributed by atoms with E-state index < -0.39 is 57.5 Å². The summed E-state index contributed by atoms with van der Waals surface area (Å²) in [4.78, 5) is 0. The molecule has 1 aromatic rings. The molecule has 0 aliphatic rings. The van der Waals surface area contributed by atoms with E-state index in [0.29, 0.717) is 0 Å². The van der Waals surface area contributed by atoms with Gasteiger partial charge < -0.3 is 5.73 Å². The lowest BCUT2D eigenvalue weighted by Gasteiger charge is -2.32. The monoisotopic (exact) mass is 457 g/mol. The molecule has 0 atom stereocenters. The van der Waals surface area contributed by atoms with Crippen molar-refractivity contribution in [3.63, 3.8) is 0 Å². The van der Waals surface area contributed by atoms with Gasteiger partial charge in [0.05, 0.1) is 11.3 Å². The lowest BCUT2D eigenvalue weighted by atomic mass is 9.90. The molecular formula is C11H4BrF12N. The average molecular weight is 458 g/mol. The molecule has 0 saturated carbocycles. The minimum Gasteiger partial charge on any atom is -0.397 e. The lowest BCUT2D eigenvalue weighted by molar-refractivity contribution is -0.348. The summed E-state index contributed by atoms with van der Waals surface area (Å²) in [5, 5.41) is 0. The highest BCUT2D eigenvalue weighted by atomic mass is 79.9. The molecule has 25 heavy (non-hydrogen) atoms. The first-order valence-corrected chi connectivity index (χ1v) is 6.44. The Morgan fingerprint density at radius 1 is 0.680 bits per heavy atom. The maximum atomic E-state index is 13.9. The maximum Gasteiger partial charge on any atom is 0.458 e. The number of hydrogen-bond acceptors (Lipinski definition) is 1. The standard InChI is InChI=1S/C11H4BrF12N/c12-5-2-3(7(13,9(16,17)18)10(19,20)21)1-4(6(5)25)8(14,15)11(22,23)24/h1-2H,25H2. The van der Waals surface area contributed by atoms with Crippen LogP contribution in [-0.2, 0) is 11.6 Å². The van der Waals surface area contributed by atoms with E-state index in [4.69, 9.17) is 5.73 Å². The van der Waals surface area contributed by atoms with Gasteiger partial charge in [0.2, 0.25) is 0 Å². The number of benzene rings is 1. The molecule has 1 aromatic carbocycles. The number of alkyl halides is 12. The van der Waals surface area contributed by atoms with Crippen molar-refractivity contribution < 1.29 is 52.7 Å². The van der Waals surface area contributed by atoms with E-state index in [2.05, 4.69) is 15.9 Å². The molecule has 1 rings (SSSR count). The Hall–Kier alpha value is -1.34. The van der Waals surface area contributed by atoms with Crippen LogP contribution in [0, 0.1) is 0 Å². The molecule has 0 spiro atoms. The van der Waals surface area contributed by atoms with Crippen LogP contribution in [0.4, 0.5) is 58.4 Å². The van der Waals surface area contributed by atoms with Crippen LogP contribution in [0.5, 0.6) is 0 Å². The van der Waals surface area contributed by atoms with Gasteiger partial charge in [-0.05, 0) is 28.1 Å². The summed E-state index contributed by atoms with van der Waals surface area (Å²) in [5.74, 6) is -5.94. The lowest BCUT2D eigenvalue weighted by Crippen LogP contribution is -2.50. The summed E-state index contributed by atoms with van der Waals surface area (Å²) in [7, 11) is 0. The maximum absolute atomic E-state index is 13.9. The minimum absolute atomic E-state index is 0.272. The number of halogens is 13. The second kappa shape index (κ2) is 5.84. The van der Waals surface area contributed by atoms with E-state index in [1.165, 1.54) is 0 Å². The van der Waals surface area contributed by atoms with E-state index >= 15 is 0 Å². The zero-order valence-electron chi connectivity index (χ0n) is 11.1. The molecule has 0 aliphatic heterocycles. The highest BCUT2D eigenvalue weighted by molar-refractivity contribution is 9.10. The van der Waals surface area contributed by atoms with Crippen LogP contribution in [0.1, 0.15) is 11.1 Å². The summed E-state index contributed by atoms with van der Waals surface area (Å²) in [6, 6.07) is -1.18. The largest absolute Gasteiger partial charge is 0.458 e. The van der Waals surface area contributed by atoms with Gasteiger partial charge in [-0.1, -0.05) is 0 Å². The molecule has 2 N–H and O–H groups in total. The van der Waals surface area contributed by atoms with Crippen molar-refractivity contribution in [3.05, 3.63) is 27.7 Å². The molecule has 0 aromatic heterocycles. The van der Waals surface area contributed by atoms with Crippen LogP contribution >= 0.6 is 15.9 Å². The summed E-state index contributed by atoms with van der Waals surface area (Å²) < 4.78 is 152. The molecule has 144 valence electrons. The number of nitrogen functional groups attached to an aromatic ring is 1. The third-order valence-electron chi connectivity index (χ3n) is 3.00. The van der Waals surface area contributed by atoms with Gasteiger partial charge in [-0.3, -0.25) is 0 Å². The Kier molecular flexibility index (Phi) is 5.07. The summed E-state index contributed by atoms with van der Waals surface area (Å²) >= 11 is 2.16. The van der Waals surface area contributed by atoms with Gasteiger partial charge in [-0.25, -0.2) is 4.39 Å². The predicted molar refractivity (Wildman–Crippen MR) is 63.4 cm³/mol. The van der Waals surface area contributed by atoms with Crippen molar-refractivity contribution in [1.82, 2.24) is 0 Å². The van der Waals surface area contributed by atoms with Gasteiger partial charge in [0.1, 0.15) is 0 Å². The Morgan fingerprint density at radius 3 is 1.40 bits per heavy atom. The van der Waals surface area contributed by atoms with Crippen LogP contribution in [0.3, 0.4) is 0 Å². The van der Waals surface area contributed by atoms with Crippen LogP contribution in [0.15, 0.2) is 16.6 Å². The van der Waals surface area contributed by atoms with Crippen LogP contribution in [0.25, 0.3) is 0 Å². The van der Waals surface area contributed by atoms with Gasteiger partial charge in [0.25, 0.3) is 0 Å². The summed E-state index contributed by atoms with van der Waals surface area (Å²) in [6.07, 6.45) is -19.8. The SMILES string of the molecule is Nc1c(Br)cc(C(F)(C(F)(F)F)C(F)(F)F)cc1C(F)(F)C(F)(F)F. The van der Waals surface area contributed by atoms with Crippen LogP contribution < -0.4 is 5.73 Å². The van der Waals surface area contributed by atoms with Crippen molar-refractivity contribution in [2.75, 3.05) is 5.73 Å². The normalized spacial score (nSPS) is 14.8. The predicted octanol–water partition coefficient (Wildman–Crippen LogP) is 5.97. The third kappa shape index (κ3) is 3.36. The van der Waals surface area contributed by atoms with Crippen molar-refractivity contribution in [3.8, 4) is 0 Å². The number of anilines is 1. The highest BCUT2D eigenvalue weighted by Crippen LogP contribution is 2.55. The quantitative estimate of drug-likeness (QED) is 0.429. The molecular weight excluding hydrogens is 454 g/mol. The van der Waals surface area contributed by atoms with Crippen LogP contribution in [-0.4, -0.2) is 18.5 Å². The molecule has 0 saturated heterocycles. The third-order valence-corrected chi connectivity index (χ3v) is 3.66. The molecule has 0 aliphatic carbocycles. The highest BCUT2D eigenvalue weighted by Gasteiger charge is 2.74. The first kappa shape index (κ1) is 21.7. The summed E-state index contributed by atoms with van der Waals surface area (Å²) in [6.45, 7) is 0. The van der Waals surface area contributed by atoms with E-state index in [9.17, 15) is 52.7 Å². The number of rotatable bonds is 2. The van der Waals surface area contributed by atoms with Crippen molar-refractivity contribution in [1.29, 1.82) is 0 Å². The van der Waals surface area contributed by atoms with Gasteiger partial charge in [0, 0.05) is 10.0 Å². The van der Waals surface area contributed by atoms with Crippen molar-refractivity contribution in [2.24, 2.45) is 0 Å². The van der Waals surface area contributed by atoms with Gasteiger partial charge in [0.15, 0.2) is 0 Å². The Morgan fingerprint density at radius 2 is 1.08 bits per heavy atom. The smallest absolute Gasteiger partial charge is 0.397 e. The fraction of sp³-hybridized carbons (Fsp3) is 0.455. The summed E-state index contributed by atoms with van der Waals surface area (Å²) in [5.41, 5.74) is -7.81. The Balaban J connectivity index is 3.87. The topological polar surface area (TPSA) is 26.0 Å². The first-order valence-electron chi connectivity index (χ1n) is 5.65. The second-order valence-electron chi connectivity index (χ2n) is 4.65. The van der Waals surface area contributed by atoms with Crippen LogP contribution in [0.2, 0.25) is 0 Å². The zero-order chi connectivity index (χ0) is 20.2. The van der Waals surface area contributed by atoms with E-state index in [-0.39, 0.29) is 6.07 Å². The molecule has 0 amide bonds. The zero-order valence-corrected chi connectivity index (χ0v) is 12.7. The van der Waals surface area contributed by atoms with Gasteiger partial charge in [-0.2, -0.15) is 48.3 Å². The first-order chi connectivity index (χ1) is 10.8. The van der Waals surface area contributed by atoms with E-state index in [1.54, 1.807) is 0 Å². The minimum atomic E-state index is -6.70. The average Bonchev–Trinajstić information content (AvgIpc) is 2.36. The molecule has 1 nitrogen and oxygen atoms in total. The van der Waals surface area contributed by atoms with Crippen molar-refractivity contribution in [2.45, 2.75) is 30.1 Å².